The molecule has 0 radical (unpaired) electrons. The maximum atomic E-state index is 13.8. The van der Waals surface area contributed by atoms with Gasteiger partial charge >= 0.3 is 0 Å². The summed E-state index contributed by atoms with van der Waals surface area (Å²) in [6.07, 6.45) is 10.4. The number of Topliss-reactive ketones (excluding diaryl/α,β-unsaturated/α-hetero) is 2. The van der Waals surface area contributed by atoms with Crippen LogP contribution in [0.4, 0.5) is 0 Å². The van der Waals surface area contributed by atoms with E-state index in [0.29, 0.717) is 35.7 Å². The van der Waals surface area contributed by atoms with Gasteiger partial charge in [0.1, 0.15) is 5.78 Å². The van der Waals surface area contributed by atoms with E-state index in [-0.39, 0.29) is 33.2 Å². The third-order valence-corrected chi connectivity index (χ3v) is 12.7. The van der Waals surface area contributed by atoms with Crippen LogP contribution in [0.2, 0.25) is 0 Å². The van der Waals surface area contributed by atoms with Gasteiger partial charge in [0.25, 0.3) is 0 Å². The Morgan fingerprint density at radius 2 is 1.50 bits per heavy atom. The van der Waals surface area contributed by atoms with E-state index in [1.807, 2.05) is 7.11 Å². The number of carbonyl (C=O) groups excluding carboxylic acids is 2. The van der Waals surface area contributed by atoms with Crippen LogP contribution < -0.4 is 0 Å². The molecule has 3 nitrogen and oxygen atoms in total. The summed E-state index contributed by atoms with van der Waals surface area (Å²) in [6, 6.07) is 0. The van der Waals surface area contributed by atoms with Gasteiger partial charge in [-0.1, -0.05) is 54.0 Å². The van der Waals surface area contributed by atoms with Crippen LogP contribution in [-0.4, -0.2) is 24.8 Å². The molecule has 34 heavy (non-hydrogen) atoms. The number of allylic oxidation sites excluding steroid dienone is 2. The molecule has 7 atom stereocenters. The predicted molar refractivity (Wildman–Crippen MR) is 136 cm³/mol. The Morgan fingerprint density at radius 3 is 2.18 bits per heavy atom. The van der Waals surface area contributed by atoms with Gasteiger partial charge < -0.3 is 4.74 Å². The number of hydrogen-bond acceptors (Lipinski definition) is 3. The molecule has 190 valence electrons. The quantitative estimate of drug-likeness (QED) is 0.405. The molecular weight excluding hydrogens is 420 g/mol. The van der Waals surface area contributed by atoms with Gasteiger partial charge in [-0.2, -0.15) is 0 Å². The smallest absolute Gasteiger partial charge is 0.159 e. The zero-order valence-electron chi connectivity index (χ0n) is 23.1. The van der Waals surface area contributed by atoms with E-state index >= 15 is 0 Å². The Hall–Kier alpha value is -0.960. The lowest BCUT2D eigenvalue weighted by molar-refractivity contribution is -0.159. The van der Waals surface area contributed by atoms with Crippen LogP contribution in [0.5, 0.6) is 0 Å². The van der Waals surface area contributed by atoms with Crippen molar-refractivity contribution in [3.63, 3.8) is 0 Å². The molecule has 5 aliphatic carbocycles. The second kappa shape index (κ2) is 7.53. The van der Waals surface area contributed by atoms with Crippen molar-refractivity contribution in [1.29, 1.82) is 0 Å². The minimum atomic E-state index is -0.219. The fraction of sp³-hybridized carbons (Fsp3) is 0.871. The lowest BCUT2D eigenvalue weighted by atomic mass is 9.42. The van der Waals surface area contributed by atoms with E-state index in [0.717, 1.165) is 51.4 Å². The summed E-state index contributed by atoms with van der Waals surface area (Å²) >= 11 is 0. The Balaban J connectivity index is 1.54. The van der Waals surface area contributed by atoms with Crippen LogP contribution in [0.1, 0.15) is 113 Å². The van der Waals surface area contributed by atoms with Gasteiger partial charge in [0.2, 0.25) is 0 Å². The Labute approximate surface area is 207 Å². The minimum absolute atomic E-state index is 0.00371. The lowest BCUT2D eigenvalue weighted by Gasteiger charge is -2.62. The first kappa shape index (κ1) is 24.7. The van der Waals surface area contributed by atoms with Crippen molar-refractivity contribution in [1.82, 2.24) is 0 Å². The number of methoxy groups -OCH3 is 1. The van der Waals surface area contributed by atoms with Crippen LogP contribution in [0.15, 0.2) is 11.1 Å². The van der Waals surface area contributed by atoms with Crippen LogP contribution in [0.25, 0.3) is 0 Å². The van der Waals surface area contributed by atoms with E-state index in [1.165, 1.54) is 17.6 Å². The molecule has 0 aliphatic heterocycles. The minimum Gasteiger partial charge on any atom is -0.381 e. The second-order valence-electron chi connectivity index (χ2n) is 14.8. The fourth-order valence-corrected chi connectivity index (χ4v) is 10.8. The molecule has 3 fully saturated rings. The summed E-state index contributed by atoms with van der Waals surface area (Å²) < 4.78 is 5.94. The average molecular weight is 469 g/mol. The maximum Gasteiger partial charge on any atom is 0.159 e. The Morgan fingerprint density at radius 1 is 0.794 bits per heavy atom. The average Bonchev–Trinajstić information content (AvgIpc) is 2.91. The number of ether oxygens (including phenoxy) is 1. The molecule has 5 rings (SSSR count). The molecule has 5 aliphatic rings. The summed E-state index contributed by atoms with van der Waals surface area (Å²) in [5.74, 6) is 2.29. The third-order valence-electron chi connectivity index (χ3n) is 12.7. The largest absolute Gasteiger partial charge is 0.381 e. The molecule has 0 bridgehead atoms. The zero-order valence-corrected chi connectivity index (χ0v) is 23.1. The predicted octanol–water partition coefficient (Wildman–Crippen LogP) is 7.33. The van der Waals surface area contributed by atoms with E-state index in [4.69, 9.17) is 4.74 Å². The van der Waals surface area contributed by atoms with Crippen molar-refractivity contribution in [2.75, 3.05) is 7.11 Å². The first-order chi connectivity index (χ1) is 15.7. The zero-order chi connectivity index (χ0) is 24.9. The van der Waals surface area contributed by atoms with Gasteiger partial charge in [0, 0.05) is 25.4 Å². The fourth-order valence-electron chi connectivity index (χ4n) is 10.8. The summed E-state index contributed by atoms with van der Waals surface area (Å²) in [5, 5.41) is 0. The molecule has 3 saturated carbocycles. The number of fused-ring (bicyclic) bond motifs is 5. The van der Waals surface area contributed by atoms with Crippen LogP contribution in [0.3, 0.4) is 0 Å². The van der Waals surface area contributed by atoms with Crippen molar-refractivity contribution in [3.8, 4) is 0 Å². The van der Waals surface area contributed by atoms with Gasteiger partial charge in [0.15, 0.2) is 5.78 Å². The van der Waals surface area contributed by atoms with Gasteiger partial charge in [-0.3, -0.25) is 9.59 Å². The van der Waals surface area contributed by atoms with Crippen molar-refractivity contribution >= 4 is 11.6 Å². The highest BCUT2D eigenvalue weighted by Crippen LogP contribution is 2.69. The Kier molecular flexibility index (Phi) is 5.47. The van der Waals surface area contributed by atoms with Gasteiger partial charge in [0.05, 0.1) is 6.10 Å². The lowest BCUT2D eigenvalue weighted by Crippen LogP contribution is -2.57. The SMILES string of the molecule is COC1CCC2(C)C3=C(CC4(C)CCC5C(C)(C)C(=O)CCC5(C)C4CC3)C(=O)CC2C1(C)C. The molecule has 0 aromatic carbocycles. The number of hydrogen-bond donors (Lipinski definition) is 0. The van der Waals surface area contributed by atoms with Crippen molar-refractivity contribution in [3.05, 3.63) is 11.1 Å². The van der Waals surface area contributed by atoms with Crippen LogP contribution in [0, 0.1) is 44.8 Å². The van der Waals surface area contributed by atoms with Crippen molar-refractivity contribution in [2.24, 2.45) is 44.8 Å². The van der Waals surface area contributed by atoms with E-state index < -0.39 is 0 Å². The topological polar surface area (TPSA) is 43.4 Å². The van der Waals surface area contributed by atoms with Crippen LogP contribution in [-0.2, 0) is 14.3 Å². The second-order valence-corrected chi connectivity index (χ2v) is 14.8. The van der Waals surface area contributed by atoms with E-state index in [1.54, 1.807) is 0 Å². The Bertz CT molecular complexity index is 940. The van der Waals surface area contributed by atoms with Crippen molar-refractivity contribution < 1.29 is 14.3 Å². The standard InChI is InChI=1S/C31H48O3/c1-27(2)22-11-14-29(5)18-19-20(9-10-23(29)31(22,7)15-12-25(27)33)30(6)16-13-26(34-8)28(3,4)24(30)17-21(19)32/h22-24,26H,9-18H2,1-8H3. The molecule has 0 heterocycles. The highest BCUT2D eigenvalue weighted by molar-refractivity contribution is 5.98. The van der Waals surface area contributed by atoms with Crippen molar-refractivity contribution in [2.45, 2.75) is 119 Å². The number of rotatable bonds is 1. The summed E-state index contributed by atoms with van der Waals surface area (Å²) in [5.41, 5.74) is 2.97. The molecule has 0 spiro atoms. The first-order valence-electron chi connectivity index (χ1n) is 14.0. The maximum absolute atomic E-state index is 13.8. The monoisotopic (exact) mass is 468 g/mol. The molecule has 0 aromatic heterocycles. The molecule has 0 N–H and O–H groups in total. The first-order valence-corrected chi connectivity index (χ1v) is 14.0. The van der Waals surface area contributed by atoms with Gasteiger partial charge in [-0.05, 0) is 96.4 Å². The summed E-state index contributed by atoms with van der Waals surface area (Å²) in [4.78, 5) is 26.8. The normalized spacial score (nSPS) is 47.8. The third kappa shape index (κ3) is 3.10. The molecule has 7 unspecified atom stereocenters. The van der Waals surface area contributed by atoms with Gasteiger partial charge in [-0.25, -0.2) is 0 Å². The van der Waals surface area contributed by atoms with E-state index in [2.05, 4.69) is 48.5 Å². The molecule has 0 aromatic rings. The number of carbonyl (C=O) groups is 2. The summed E-state index contributed by atoms with van der Waals surface area (Å²) in [6.45, 7) is 16.6. The molecule has 0 amide bonds. The molecule has 0 saturated heterocycles. The number of ketones is 2. The van der Waals surface area contributed by atoms with E-state index in [9.17, 15) is 9.59 Å². The molecule has 3 heteroatoms. The highest BCUT2D eigenvalue weighted by Gasteiger charge is 2.63. The molecular formula is C31H48O3. The van der Waals surface area contributed by atoms with Gasteiger partial charge in [-0.15, -0.1) is 0 Å². The highest BCUT2D eigenvalue weighted by atomic mass is 16.5. The van der Waals surface area contributed by atoms with Crippen LogP contribution >= 0.6 is 0 Å². The summed E-state index contributed by atoms with van der Waals surface area (Å²) in [7, 11) is 1.84.